The van der Waals surface area contributed by atoms with Crippen LogP contribution in [0.2, 0.25) is 0 Å². The number of benzene rings is 1. The molecule has 94 valence electrons. The first kappa shape index (κ1) is 13.3. The normalized spacial score (nSPS) is 13.4. The van der Waals surface area contributed by atoms with Crippen molar-refractivity contribution in [3.63, 3.8) is 0 Å². The van der Waals surface area contributed by atoms with Gasteiger partial charge in [-0.1, -0.05) is 13.0 Å². The second-order valence-corrected chi connectivity index (χ2v) is 3.74. The number of rotatable bonds is 3. The van der Waals surface area contributed by atoms with Gasteiger partial charge in [-0.2, -0.15) is 13.2 Å². The molecule has 0 fully saturated rings. The number of hydrogen-bond donors (Lipinski definition) is 2. The molecule has 0 aliphatic carbocycles. The highest BCUT2D eigenvalue weighted by Crippen LogP contribution is 2.40. The van der Waals surface area contributed by atoms with E-state index in [2.05, 4.69) is 0 Å². The van der Waals surface area contributed by atoms with Crippen LogP contribution in [0.15, 0.2) is 18.2 Å². The van der Waals surface area contributed by atoms with Crippen molar-refractivity contribution in [3.05, 3.63) is 29.3 Å². The van der Waals surface area contributed by atoms with E-state index in [1.54, 1.807) is 0 Å². The third kappa shape index (κ3) is 3.12. The number of halogens is 3. The lowest BCUT2D eigenvalue weighted by atomic mass is 9.92. The molecule has 0 saturated heterocycles. The van der Waals surface area contributed by atoms with Crippen molar-refractivity contribution in [2.45, 2.75) is 25.4 Å². The van der Waals surface area contributed by atoms with Crippen molar-refractivity contribution < 1.29 is 28.2 Å². The number of phenolic OH excluding ortho intramolecular Hbond substituents is 1. The average molecular weight is 248 g/mol. The van der Waals surface area contributed by atoms with E-state index in [0.29, 0.717) is 0 Å². The highest BCUT2D eigenvalue weighted by atomic mass is 19.4. The fourth-order valence-electron chi connectivity index (χ4n) is 1.68. The molecule has 0 spiro atoms. The Hall–Kier alpha value is -1.72. The zero-order valence-corrected chi connectivity index (χ0v) is 8.95. The average Bonchev–Trinajstić information content (AvgIpc) is 2.14. The molecule has 1 atom stereocenters. The molecule has 1 unspecified atom stereocenters. The quantitative estimate of drug-likeness (QED) is 0.864. The van der Waals surface area contributed by atoms with Crippen molar-refractivity contribution in [1.82, 2.24) is 0 Å². The number of hydrogen-bond acceptors (Lipinski definition) is 2. The van der Waals surface area contributed by atoms with Crippen molar-refractivity contribution >= 4 is 5.97 Å². The Balaban J connectivity index is 3.25. The molecule has 3 nitrogen and oxygen atoms in total. The summed E-state index contributed by atoms with van der Waals surface area (Å²) in [5.41, 5.74) is -1.37. The van der Waals surface area contributed by atoms with Gasteiger partial charge in [0.2, 0.25) is 0 Å². The number of carboxylic acid groups (broad SMARTS) is 1. The largest absolute Gasteiger partial charge is 0.508 e. The summed E-state index contributed by atoms with van der Waals surface area (Å²) < 4.78 is 38.0. The van der Waals surface area contributed by atoms with Crippen LogP contribution in [0.3, 0.4) is 0 Å². The predicted octanol–water partition coefficient (Wildman–Crippen LogP) is 2.99. The number of carbonyl (C=O) groups is 1. The van der Waals surface area contributed by atoms with Gasteiger partial charge in [0.05, 0.1) is 12.0 Å². The Kier molecular flexibility index (Phi) is 3.65. The molecule has 0 radical (unpaired) electrons. The molecular weight excluding hydrogens is 237 g/mol. The summed E-state index contributed by atoms with van der Waals surface area (Å²) in [4.78, 5) is 10.5. The van der Waals surface area contributed by atoms with Crippen LogP contribution in [0.25, 0.3) is 0 Å². The summed E-state index contributed by atoms with van der Waals surface area (Å²) in [7, 11) is 0. The fraction of sp³-hybridized carbons (Fsp3) is 0.364. The summed E-state index contributed by atoms with van der Waals surface area (Å²) in [5.74, 6) is -2.66. The third-order valence-electron chi connectivity index (χ3n) is 2.36. The minimum absolute atomic E-state index is 0.373. The number of aromatic hydroxyl groups is 1. The molecule has 0 aliphatic heterocycles. The number of phenols is 1. The molecule has 0 bridgehead atoms. The van der Waals surface area contributed by atoms with Gasteiger partial charge >= 0.3 is 12.1 Å². The van der Waals surface area contributed by atoms with Gasteiger partial charge < -0.3 is 10.2 Å². The monoisotopic (exact) mass is 248 g/mol. The second kappa shape index (κ2) is 4.65. The maximum atomic E-state index is 12.7. The molecule has 0 aliphatic rings. The summed E-state index contributed by atoms with van der Waals surface area (Å²) >= 11 is 0. The van der Waals surface area contributed by atoms with Crippen molar-refractivity contribution in [1.29, 1.82) is 0 Å². The Labute approximate surface area is 95.5 Å². The zero-order chi connectivity index (χ0) is 13.2. The minimum atomic E-state index is -4.61. The first-order valence-electron chi connectivity index (χ1n) is 4.84. The Morgan fingerprint density at radius 3 is 2.47 bits per heavy atom. The van der Waals surface area contributed by atoms with Gasteiger partial charge in [0.1, 0.15) is 5.75 Å². The van der Waals surface area contributed by atoms with Crippen LogP contribution in [0.4, 0.5) is 13.2 Å². The third-order valence-corrected chi connectivity index (χ3v) is 2.36. The SMILES string of the molecule is CC(CC(=O)O)c1c(O)cccc1C(F)(F)F. The molecule has 1 rings (SSSR count). The first-order valence-corrected chi connectivity index (χ1v) is 4.84. The summed E-state index contributed by atoms with van der Waals surface area (Å²) in [5, 5.41) is 18.0. The second-order valence-electron chi connectivity index (χ2n) is 3.74. The lowest BCUT2D eigenvalue weighted by molar-refractivity contribution is -0.140. The molecular formula is C11H11F3O3. The molecule has 1 aromatic rings. The summed E-state index contributed by atoms with van der Waals surface area (Å²) in [6.45, 7) is 1.33. The van der Waals surface area contributed by atoms with Crippen LogP contribution < -0.4 is 0 Å². The molecule has 1 aromatic carbocycles. The van der Waals surface area contributed by atoms with Crippen LogP contribution in [-0.2, 0) is 11.0 Å². The van der Waals surface area contributed by atoms with Crippen LogP contribution in [0.1, 0.15) is 30.4 Å². The fourth-order valence-corrected chi connectivity index (χ4v) is 1.68. The summed E-state index contributed by atoms with van der Waals surface area (Å²) in [6.07, 6.45) is -5.08. The smallest absolute Gasteiger partial charge is 0.416 e. The van der Waals surface area contributed by atoms with E-state index in [4.69, 9.17) is 5.11 Å². The maximum absolute atomic E-state index is 12.7. The lowest BCUT2D eigenvalue weighted by Crippen LogP contribution is -2.13. The molecule has 6 heteroatoms. The highest BCUT2D eigenvalue weighted by Gasteiger charge is 2.36. The van der Waals surface area contributed by atoms with E-state index in [-0.39, 0.29) is 5.56 Å². The van der Waals surface area contributed by atoms with Crippen LogP contribution >= 0.6 is 0 Å². The minimum Gasteiger partial charge on any atom is -0.508 e. The summed E-state index contributed by atoms with van der Waals surface area (Å²) in [6, 6.07) is 3.02. The molecule has 2 N–H and O–H groups in total. The van der Waals surface area contributed by atoms with Gasteiger partial charge in [-0.15, -0.1) is 0 Å². The number of aliphatic carboxylic acids is 1. The topological polar surface area (TPSA) is 57.5 Å². The number of carboxylic acids is 1. The van der Waals surface area contributed by atoms with Gasteiger partial charge in [-0.3, -0.25) is 4.79 Å². The van der Waals surface area contributed by atoms with E-state index in [9.17, 15) is 23.1 Å². The Morgan fingerprint density at radius 2 is 2.00 bits per heavy atom. The van der Waals surface area contributed by atoms with Crippen LogP contribution in [0, 0.1) is 0 Å². The van der Waals surface area contributed by atoms with E-state index >= 15 is 0 Å². The number of alkyl halides is 3. The van der Waals surface area contributed by atoms with Crippen molar-refractivity contribution in [3.8, 4) is 5.75 Å². The van der Waals surface area contributed by atoms with Gasteiger partial charge in [0.25, 0.3) is 0 Å². The van der Waals surface area contributed by atoms with E-state index in [1.165, 1.54) is 6.92 Å². The highest BCUT2D eigenvalue weighted by molar-refractivity contribution is 5.68. The van der Waals surface area contributed by atoms with E-state index < -0.39 is 35.8 Å². The van der Waals surface area contributed by atoms with E-state index in [1.807, 2.05) is 0 Å². The van der Waals surface area contributed by atoms with Crippen molar-refractivity contribution in [2.24, 2.45) is 0 Å². The lowest BCUT2D eigenvalue weighted by Gasteiger charge is -2.18. The van der Waals surface area contributed by atoms with Gasteiger partial charge in [0, 0.05) is 5.56 Å². The predicted molar refractivity (Wildman–Crippen MR) is 53.8 cm³/mol. The van der Waals surface area contributed by atoms with Gasteiger partial charge in [-0.25, -0.2) is 0 Å². The molecule has 0 aromatic heterocycles. The van der Waals surface area contributed by atoms with Crippen LogP contribution in [-0.4, -0.2) is 16.2 Å². The van der Waals surface area contributed by atoms with Crippen LogP contribution in [0.5, 0.6) is 5.75 Å². The molecule has 0 amide bonds. The molecule has 0 saturated carbocycles. The van der Waals surface area contributed by atoms with Gasteiger partial charge in [0.15, 0.2) is 0 Å². The standard InChI is InChI=1S/C11H11F3O3/c1-6(5-9(16)17)10-7(11(12,13)14)3-2-4-8(10)15/h2-4,6,15H,5H2,1H3,(H,16,17). The zero-order valence-electron chi connectivity index (χ0n) is 8.95. The first-order chi connectivity index (χ1) is 7.73. The maximum Gasteiger partial charge on any atom is 0.416 e. The van der Waals surface area contributed by atoms with Crippen molar-refractivity contribution in [2.75, 3.05) is 0 Å². The molecule has 0 heterocycles. The van der Waals surface area contributed by atoms with Gasteiger partial charge in [-0.05, 0) is 18.1 Å². The Morgan fingerprint density at radius 1 is 1.41 bits per heavy atom. The Bertz CT molecular complexity index is 426. The van der Waals surface area contributed by atoms with E-state index in [0.717, 1.165) is 18.2 Å². The molecule has 17 heavy (non-hydrogen) atoms.